The van der Waals surface area contributed by atoms with E-state index in [1.807, 2.05) is 36.4 Å². The first kappa shape index (κ1) is 20.9. The minimum atomic E-state index is -0.950. The van der Waals surface area contributed by atoms with Crippen LogP contribution in [0.3, 0.4) is 0 Å². The third-order valence-electron chi connectivity index (χ3n) is 3.70. The number of carboxylic acids is 1. The maximum absolute atomic E-state index is 11.5. The van der Waals surface area contributed by atoms with Gasteiger partial charge >= 0.3 is 11.9 Å². The van der Waals surface area contributed by atoms with Crippen LogP contribution in [0.1, 0.15) is 23.6 Å². The van der Waals surface area contributed by atoms with E-state index in [1.165, 1.54) is 0 Å². The SMILES string of the molecule is CCOC(=O)CON=C(c1ccccc1)c1ccc(N)c(CNCC(=O)O)c1. The lowest BCUT2D eigenvalue weighted by molar-refractivity contribution is -0.148. The molecule has 2 aromatic rings. The van der Waals surface area contributed by atoms with Crippen molar-refractivity contribution < 1.29 is 24.3 Å². The van der Waals surface area contributed by atoms with Crippen LogP contribution in [-0.4, -0.2) is 42.5 Å². The van der Waals surface area contributed by atoms with Crippen molar-refractivity contribution in [3.63, 3.8) is 0 Å². The molecule has 0 aromatic heterocycles. The Morgan fingerprint density at radius 1 is 1.14 bits per heavy atom. The van der Waals surface area contributed by atoms with E-state index in [-0.39, 0.29) is 26.3 Å². The lowest BCUT2D eigenvalue weighted by Crippen LogP contribution is -2.22. The van der Waals surface area contributed by atoms with Gasteiger partial charge in [-0.2, -0.15) is 0 Å². The monoisotopic (exact) mass is 385 g/mol. The van der Waals surface area contributed by atoms with Crippen LogP contribution < -0.4 is 11.1 Å². The lowest BCUT2D eigenvalue weighted by atomic mass is 9.99. The van der Waals surface area contributed by atoms with Gasteiger partial charge in [-0.15, -0.1) is 0 Å². The van der Waals surface area contributed by atoms with E-state index in [4.69, 9.17) is 20.4 Å². The number of hydrogen-bond acceptors (Lipinski definition) is 7. The molecular formula is C20H23N3O5. The van der Waals surface area contributed by atoms with Crippen molar-refractivity contribution in [1.82, 2.24) is 5.32 Å². The normalized spacial score (nSPS) is 11.1. The summed E-state index contributed by atoms with van der Waals surface area (Å²) in [4.78, 5) is 27.4. The van der Waals surface area contributed by atoms with E-state index in [9.17, 15) is 9.59 Å². The number of hydrogen-bond donors (Lipinski definition) is 3. The van der Waals surface area contributed by atoms with Crippen LogP contribution in [0.15, 0.2) is 53.7 Å². The predicted molar refractivity (Wildman–Crippen MR) is 105 cm³/mol. The zero-order valence-electron chi connectivity index (χ0n) is 15.6. The Balaban J connectivity index is 2.27. The van der Waals surface area contributed by atoms with Gasteiger partial charge in [-0.25, -0.2) is 4.79 Å². The van der Waals surface area contributed by atoms with Gasteiger partial charge in [0.1, 0.15) is 5.71 Å². The summed E-state index contributed by atoms with van der Waals surface area (Å²) in [5.41, 5.74) is 9.29. The highest BCUT2D eigenvalue weighted by Crippen LogP contribution is 2.18. The number of aliphatic carboxylic acids is 1. The molecule has 0 radical (unpaired) electrons. The van der Waals surface area contributed by atoms with Gasteiger partial charge in [0.15, 0.2) is 0 Å². The van der Waals surface area contributed by atoms with Crippen LogP contribution in [0.4, 0.5) is 5.69 Å². The Labute approximate surface area is 162 Å². The average molecular weight is 385 g/mol. The summed E-state index contributed by atoms with van der Waals surface area (Å²) >= 11 is 0. The second kappa shape index (κ2) is 10.7. The Kier molecular flexibility index (Phi) is 7.98. The number of rotatable bonds is 10. The molecule has 0 atom stereocenters. The molecule has 8 heteroatoms. The summed E-state index contributed by atoms with van der Waals surface area (Å²) in [6.45, 7) is 1.79. The summed E-state index contributed by atoms with van der Waals surface area (Å²) in [5.74, 6) is -1.46. The van der Waals surface area contributed by atoms with Crippen molar-refractivity contribution in [2.45, 2.75) is 13.5 Å². The molecule has 0 aliphatic heterocycles. The molecule has 28 heavy (non-hydrogen) atoms. The molecule has 4 N–H and O–H groups in total. The first-order valence-corrected chi connectivity index (χ1v) is 8.73. The second-order valence-electron chi connectivity index (χ2n) is 5.80. The van der Waals surface area contributed by atoms with Gasteiger partial charge in [-0.3, -0.25) is 4.79 Å². The van der Waals surface area contributed by atoms with Crippen molar-refractivity contribution in [2.75, 3.05) is 25.5 Å². The van der Waals surface area contributed by atoms with Crippen LogP contribution in [-0.2, 0) is 25.7 Å². The highest BCUT2D eigenvalue weighted by molar-refractivity contribution is 6.12. The minimum Gasteiger partial charge on any atom is -0.480 e. The van der Waals surface area contributed by atoms with E-state index in [1.54, 1.807) is 19.1 Å². The van der Waals surface area contributed by atoms with Crippen molar-refractivity contribution in [3.05, 3.63) is 65.2 Å². The number of ether oxygens (including phenoxy) is 1. The summed E-state index contributed by atoms with van der Waals surface area (Å²) in [6.07, 6.45) is 0. The van der Waals surface area contributed by atoms with Crippen molar-refractivity contribution in [2.24, 2.45) is 5.16 Å². The number of carboxylic acid groups (broad SMARTS) is 1. The van der Waals surface area contributed by atoms with Crippen LogP contribution >= 0.6 is 0 Å². The molecule has 0 heterocycles. The van der Waals surface area contributed by atoms with Gasteiger partial charge in [-0.05, 0) is 24.6 Å². The van der Waals surface area contributed by atoms with Crippen molar-refractivity contribution in [1.29, 1.82) is 0 Å². The fourth-order valence-corrected chi connectivity index (χ4v) is 2.43. The maximum atomic E-state index is 11.5. The summed E-state index contributed by atoms with van der Waals surface area (Å²) in [6, 6.07) is 14.7. The largest absolute Gasteiger partial charge is 0.480 e. The molecule has 2 aromatic carbocycles. The third-order valence-corrected chi connectivity index (χ3v) is 3.70. The van der Waals surface area contributed by atoms with Crippen LogP contribution in [0.5, 0.6) is 0 Å². The highest BCUT2D eigenvalue weighted by Gasteiger charge is 2.12. The molecule has 0 fully saturated rings. The Morgan fingerprint density at radius 3 is 2.57 bits per heavy atom. The van der Waals surface area contributed by atoms with Gasteiger partial charge in [-0.1, -0.05) is 41.6 Å². The van der Waals surface area contributed by atoms with E-state index in [0.717, 1.165) is 16.7 Å². The number of benzene rings is 2. The zero-order chi connectivity index (χ0) is 20.4. The number of anilines is 1. The fraction of sp³-hybridized carbons (Fsp3) is 0.250. The molecule has 148 valence electrons. The number of nitrogens with zero attached hydrogens (tertiary/aromatic N) is 1. The molecule has 0 saturated heterocycles. The molecular weight excluding hydrogens is 362 g/mol. The van der Waals surface area contributed by atoms with Crippen LogP contribution in [0.25, 0.3) is 0 Å². The van der Waals surface area contributed by atoms with Gasteiger partial charge in [0, 0.05) is 23.4 Å². The van der Waals surface area contributed by atoms with Gasteiger partial charge < -0.3 is 25.7 Å². The molecule has 0 bridgehead atoms. The van der Waals surface area contributed by atoms with E-state index in [0.29, 0.717) is 11.4 Å². The number of carbonyl (C=O) groups is 2. The molecule has 0 amide bonds. The van der Waals surface area contributed by atoms with E-state index >= 15 is 0 Å². The molecule has 0 aliphatic rings. The van der Waals surface area contributed by atoms with Crippen LogP contribution in [0, 0.1) is 0 Å². The van der Waals surface area contributed by atoms with Gasteiger partial charge in [0.25, 0.3) is 0 Å². The summed E-state index contributed by atoms with van der Waals surface area (Å²) in [7, 11) is 0. The number of carbonyl (C=O) groups excluding carboxylic acids is 1. The summed E-state index contributed by atoms with van der Waals surface area (Å²) in [5, 5.41) is 15.7. The Morgan fingerprint density at radius 2 is 1.89 bits per heavy atom. The quantitative estimate of drug-likeness (QED) is 0.246. The standard InChI is InChI=1S/C20H23N3O5/c1-2-27-19(26)13-28-23-20(14-6-4-3-5-7-14)15-8-9-17(21)16(10-15)11-22-12-18(24)25/h3-10,22H,2,11-13,21H2,1H3,(H,24,25). The summed E-state index contributed by atoms with van der Waals surface area (Å²) < 4.78 is 4.83. The Hall–Kier alpha value is -3.39. The van der Waals surface area contributed by atoms with E-state index in [2.05, 4.69) is 10.5 Å². The molecule has 0 unspecified atom stereocenters. The van der Waals surface area contributed by atoms with Crippen molar-refractivity contribution >= 4 is 23.3 Å². The van der Waals surface area contributed by atoms with Crippen molar-refractivity contribution in [3.8, 4) is 0 Å². The number of oxime groups is 1. The maximum Gasteiger partial charge on any atom is 0.347 e. The first-order chi connectivity index (χ1) is 13.5. The van der Waals surface area contributed by atoms with Gasteiger partial charge in [0.2, 0.25) is 6.61 Å². The fourth-order valence-electron chi connectivity index (χ4n) is 2.43. The molecule has 0 aliphatic carbocycles. The highest BCUT2D eigenvalue weighted by atomic mass is 16.7. The number of nitrogen functional groups attached to an aromatic ring is 1. The molecule has 0 saturated carbocycles. The average Bonchev–Trinajstić information content (AvgIpc) is 2.67. The topological polar surface area (TPSA) is 123 Å². The Bertz CT molecular complexity index is 837. The zero-order valence-corrected chi connectivity index (χ0v) is 15.6. The van der Waals surface area contributed by atoms with E-state index < -0.39 is 11.9 Å². The third kappa shape index (κ3) is 6.40. The molecule has 2 rings (SSSR count). The minimum absolute atomic E-state index is 0.175. The second-order valence-corrected chi connectivity index (χ2v) is 5.80. The molecule has 8 nitrogen and oxygen atoms in total. The number of nitrogens with one attached hydrogen (secondary N) is 1. The lowest BCUT2D eigenvalue weighted by Gasteiger charge is -2.12. The first-order valence-electron chi connectivity index (χ1n) is 8.73. The molecule has 0 spiro atoms. The smallest absolute Gasteiger partial charge is 0.347 e. The number of esters is 1. The van der Waals surface area contributed by atoms with Crippen LogP contribution in [0.2, 0.25) is 0 Å². The number of nitrogens with two attached hydrogens (primary N) is 1. The predicted octanol–water partition coefficient (Wildman–Crippen LogP) is 1.78. The van der Waals surface area contributed by atoms with Gasteiger partial charge in [0.05, 0.1) is 13.2 Å².